The molecule has 1 aliphatic rings. The minimum atomic E-state index is -4.71. The quantitative estimate of drug-likeness (QED) is 0.645. The molecule has 1 saturated heterocycles. The van der Waals surface area contributed by atoms with Crippen molar-refractivity contribution in [1.82, 2.24) is 24.8 Å². The lowest BCUT2D eigenvalue weighted by atomic mass is 10.00. The molecule has 10 heteroatoms. The minimum Gasteiger partial charge on any atom is -0.330 e. The molecule has 1 N–H and O–H groups in total. The van der Waals surface area contributed by atoms with Gasteiger partial charge in [-0.15, -0.1) is 0 Å². The summed E-state index contributed by atoms with van der Waals surface area (Å²) in [6.45, 7) is 5.31. The lowest BCUT2D eigenvalue weighted by molar-refractivity contribution is -0.136. The predicted molar refractivity (Wildman–Crippen MR) is 101 cm³/mol. The summed E-state index contributed by atoms with van der Waals surface area (Å²) in [6.07, 6.45) is -3.50. The number of rotatable bonds is 2. The zero-order chi connectivity index (χ0) is 21.7. The van der Waals surface area contributed by atoms with E-state index in [1.807, 2.05) is 13.8 Å². The lowest BCUT2D eigenvalue weighted by Gasteiger charge is -2.42. The van der Waals surface area contributed by atoms with Crippen LogP contribution in [0.2, 0.25) is 0 Å². The van der Waals surface area contributed by atoms with Crippen molar-refractivity contribution in [1.29, 1.82) is 0 Å². The van der Waals surface area contributed by atoms with Gasteiger partial charge in [0, 0.05) is 25.2 Å². The number of benzene rings is 1. The van der Waals surface area contributed by atoms with Gasteiger partial charge in [-0.05, 0) is 44.2 Å². The van der Waals surface area contributed by atoms with E-state index in [-0.39, 0.29) is 11.4 Å². The van der Waals surface area contributed by atoms with Gasteiger partial charge in [0.2, 0.25) is 0 Å². The van der Waals surface area contributed by atoms with E-state index in [1.165, 1.54) is 18.3 Å². The first kappa shape index (κ1) is 20.3. The van der Waals surface area contributed by atoms with Crippen LogP contribution in [-0.2, 0) is 6.18 Å². The average molecular weight is 421 g/mol. The van der Waals surface area contributed by atoms with Gasteiger partial charge >= 0.3 is 6.18 Å². The number of fused-ring (bicyclic) bond motifs is 1. The van der Waals surface area contributed by atoms with E-state index in [2.05, 4.69) is 15.4 Å². The largest absolute Gasteiger partial charge is 0.420 e. The summed E-state index contributed by atoms with van der Waals surface area (Å²) in [7, 11) is 0. The number of imidazole rings is 1. The molecule has 0 bridgehead atoms. The normalized spacial score (nSPS) is 16.8. The standard InChI is InChI=1S/C20H19F4N5O/c1-19(2)11-25-7-8-28(19)18(30)16-10-29-17(26-16)14(20(22,23)24)9-15(27-29)12-3-5-13(21)6-4-12/h3-6,9-10,25H,7-8,11H2,1-2H3. The van der Waals surface area contributed by atoms with Crippen LogP contribution in [0.1, 0.15) is 29.9 Å². The smallest absolute Gasteiger partial charge is 0.330 e. The second-order valence-electron chi connectivity index (χ2n) is 7.79. The highest BCUT2D eigenvalue weighted by molar-refractivity contribution is 5.93. The van der Waals surface area contributed by atoms with Crippen LogP contribution in [0.25, 0.3) is 16.9 Å². The van der Waals surface area contributed by atoms with Gasteiger partial charge in [-0.25, -0.2) is 13.9 Å². The molecule has 3 heterocycles. The third kappa shape index (κ3) is 3.62. The lowest BCUT2D eigenvalue weighted by Crippen LogP contribution is -2.59. The predicted octanol–water partition coefficient (Wildman–Crippen LogP) is 3.38. The number of hydrogen-bond acceptors (Lipinski definition) is 4. The first-order valence-electron chi connectivity index (χ1n) is 9.32. The van der Waals surface area contributed by atoms with E-state index in [0.29, 0.717) is 25.2 Å². The molecular weight excluding hydrogens is 402 g/mol. The van der Waals surface area contributed by atoms with Crippen molar-refractivity contribution in [3.63, 3.8) is 0 Å². The number of carbonyl (C=O) groups excluding carboxylic acids is 1. The van der Waals surface area contributed by atoms with Crippen molar-refractivity contribution in [2.24, 2.45) is 0 Å². The summed E-state index contributed by atoms with van der Waals surface area (Å²) >= 11 is 0. The van der Waals surface area contributed by atoms with Crippen LogP contribution in [0.15, 0.2) is 36.5 Å². The van der Waals surface area contributed by atoms with Crippen LogP contribution >= 0.6 is 0 Å². The maximum absolute atomic E-state index is 13.7. The molecule has 1 amide bonds. The van der Waals surface area contributed by atoms with Gasteiger partial charge in [0.25, 0.3) is 5.91 Å². The van der Waals surface area contributed by atoms with Crippen LogP contribution < -0.4 is 5.32 Å². The number of alkyl halides is 3. The molecule has 30 heavy (non-hydrogen) atoms. The molecular formula is C20H19F4N5O. The fraction of sp³-hybridized carbons (Fsp3) is 0.350. The molecule has 0 unspecified atom stereocenters. The van der Waals surface area contributed by atoms with E-state index < -0.39 is 34.7 Å². The molecule has 158 valence electrons. The van der Waals surface area contributed by atoms with Crippen molar-refractivity contribution in [3.8, 4) is 11.3 Å². The first-order chi connectivity index (χ1) is 14.1. The third-order valence-electron chi connectivity index (χ3n) is 5.14. The topological polar surface area (TPSA) is 62.5 Å². The molecule has 0 saturated carbocycles. The summed E-state index contributed by atoms with van der Waals surface area (Å²) in [5.41, 5.74) is -1.79. The minimum absolute atomic E-state index is 0.00581. The van der Waals surface area contributed by atoms with Gasteiger partial charge in [0.1, 0.15) is 17.1 Å². The van der Waals surface area contributed by atoms with Crippen LogP contribution in [0, 0.1) is 5.82 Å². The average Bonchev–Trinajstić information content (AvgIpc) is 3.10. The number of aromatic nitrogens is 3. The Bertz CT molecular complexity index is 1100. The molecule has 3 aromatic rings. The number of piperazine rings is 1. The maximum atomic E-state index is 13.7. The Balaban J connectivity index is 1.83. The number of carbonyl (C=O) groups is 1. The highest BCUT2D eigenvalue weighted by atomic mass is 19.4. The number of halogens is 4. The summed E-state index contributed by atoms with van der Waals surface area (Å²) in [6, 6.07) is 5.83. The van der Waals surface area contributed by atoms with E-state index >= 15 is 0 Å². The Kier molecular flexibility index (Phi) is 4.76. The van der Waals surface area contributed by atoms with Crippen molar-refractivity contribution in [3.05, 3.63) is 53.6 Å². The maximum Gasteiger partial charge on any atom is 0.420 e. The van der Waals surface area contributed by atoms with Gasteiger partial charge in [0.05, 0.1) is 17.4 Å². The molecule has 1 aliphatic heterocycles. The zero-order valence-electron chi connectivity index (χ0n) is 16.3. The third-order valence-corrected chi connectivity index (χ3v) is 5.14. The van der Waals surface area contributed by atoms with E-state index in [4.69, 9.17) is 0 Å². The van der Waals surface area contributed by atoms with E-state index in [9.17, 15) is 22.4 Å². The molecule has 1 aromatic carbocycles. The van der Waals surface area contributed by atoms with Gasteiger partial charge in [-0.1, -0.05) is 0 Å². The Morgan fingerprint density at radius 2 is 1.90 bits per heavy atom. The number of nitrogens with zero attached hydrogens (tertiary/aromatic N) is 4. The Labute approximate surface area is 169 Å². The second-order valence-corrected chi connectivity index (χ2v) is 7.79. The van der Waals surface area contributed by atoms with Crippen LogP contribution in [-0.4, -0.2) is 50.6 Å². The van der Waals surface area contributed by atoms with Crippen molar-refractivity contribution in [2.75, 3.05) is 19.6 Å². The van der Waals surface area contributed by atoms with Gasteiger partial charge in [-0.2, -0.15) is 18.3 Å². The molecule has 0 radical (unpaired) electrons. The molecule has 1 fully saturated rings. The second kappa shape index (κ2) is 7.05. The van der Waals surface area contributed by atoms with Crippen LogP contribution in [0.4, 0.5) is 17.6 Å². The van der Waals surface area contributed by atoms with Crippen molar-refractivity contribution < 1.29 is 22.4 Å². The molecule has 2 aromatic heterocycles. The summed E-state index contributed by atoms with van der Waals surface area (Å²) < 4.78 is 55.3. The summed E-state index contributed by atoms with van der Waals surface area (Å²) in [4.78, 5) is 18.6. The molecule has 0 atom stereocenters. The van der Waals surface area contributed by atoms with Crippen molar-refractivity contribution >= 4 is 11.6 Å². The molecule has 0 spiro atoms. The highest BCUT2D eigenvalue weighted by Gasteiger charge is 2.38. The molecule has 0 aliphatic carbocycles. The van der Waals surface area contributed by atoms with Crippen molar-refractivity contribution in [2.45, 2.75) is 25.6 Å². The summed E-state index contributed by atoms with van der Waals surface area (Å²) in [5, 5.41) is 7.37. The Morgan fingerprint density at radius 3 is 2.53 bits per heavy atom. The monoisotopic (exact) mass is 421 g/mol. The molecule has 4 rings (SSSR count). The number of amides is 1. The Morgan fingerprint density at radius 1 is 1.20 bits per heavy atom. The fourth-order valence-electron chi connectivity index (χ4n) is 3.55. The van der Waals surface area contributed by atoms with E-state index in [0.717, 1.165) is 22.7 Å². The fourth-order valence-corrected chi connectivity index (χ4v) is 3.55. The molecule has 6 nitrogen and oxygen atoms in total. The number of nitrogens with one attached hydrogen (secondary N) is 1. The zero-order valence-corrected chi connectivity index (χ0v) is 16.3. The van der Waals surface area contributed by atoms with Crippen LogP contribution in [0.5, 0.6) is 0 Å². The van der Waals surface area contributed by atoms with Gasteiger partial charge in [-0.3, -0.25) is 4.79 Å². The number of hydrogen-bond donors (Lipinski definition) is 1. The Hall–Kier alpha value is -3.01. The summed E-state index contributed by atoms with van der Waals surface area (Å²) in [5.74, 6) is -0.964. The SMILES string of the molecule is CC1(C)CNCCN1C(=O)c1cn2nc(-c3ccc(F)cc3)cc(C(F)(F)F)c2n1. The highest BCUT2D eigenvalue weighted by Crippen LogP contribution is 2.34. The van der Waals surface area contributed by atoms with Crippen LogP contribution in [0.3, 0.4) is 0 Å². The first-order valence-corrected chi connectivity index (χ1v) is 9.32. The van der Waals surface area contributed by atoms with Gasteiger partial charge in [0.15, 0.2) is 5.65 Å². The van der Waals surface area contributed by atoms with Gasteiger partial charge < -0.3 is 10.2 Å². The van der Waals surface area contributed by atoms with E-state index in [1.54, 1.807) is 4.90 Å².